The van der Waals surface area contributed by atoms with E-state index in [1.165, 1.54) is 0 Å². The van der Waals surface area contributed by atoms with Crippen molar-refractivity contribution in [3.8, 4) is 0 Å². The van der Waals surface area contributed by atoms with Gasteiger partial charge in [0.05, 0.1) is 12.5 Å². The summed E-state index contributed by atoms with van der Waals surface area (Å²) in [7, 11) is 0. The molecule has 0 aliphatic carbocycles. The van der Waals surface area contributed by atoms with Crippen LogP contribution in [0.5, 0.6) is 0 Å². The lowest BCUT2D eigenvalue weighted by Gasteiger charge is -2.22. The van der Waals surface area contributed by atoms with E-state index >= 15 is 0 Å². The molecule has 0 bridgehead atoms. The summed E-state index contributed by atoms with van der Waals surface area (Å²) in [5, 5.41) is 0. The first-order valence-electron chi connectivity index (χ1n) is 5.87. The minimum atomic E-state index is 0.148. The van der Waals surface area contributed by atoms with Crippen molar-refractivity contribution in [2.75, 3.05) is 26.2 Å². The minimum absolute atomic E-state index is 0.148. The molecule has 1 amide bonds. The maximum Gasteiger partial charge on any atom is 0.225 e. The number of ether oxygens (including phenoxy) is 1. The van der Waals surface area contributed by atoms with Gasteiger partial charge in [0.15, 0.2) is 0 Å². The number of nitrogens with two attached hydrogens (primary N) is 1. The van der Waals surface area contributed by atoms with Gasteiger partial charge in [0.25, 0.3) is 0 Å². The second kappa shape index (κ2) is 6.80. The van der Waals surface area contributed by atoms with Gasteiger partial charge < -0.3 is 15.4 Å². The predicted molar refractivity (Wildman–Crippen MR) is 59.5 cm³/mol. The molecule has 88 valence electrons. The van der Waals surface area contributed by atoms with E-state index in [1.807, 2.05) is 4.90 Å². The fraction of sp³-hybridized carbons (Fsp3) is 0.909. The van der Waals surface area contributed by atoms with E-state index in [4.69, 9.17) is 10.5 Å². The second-order valence-electron chi connectivity index (χ2n) is 4.01. The summed E-state index contributed by atoms with van der Waals surface area (Å²) in [5.41, 5.74) is 5.48. The smallest absolute Gasteiger partial charge is 0.225 e. The van der Waals surface area contributed by atoms with Crippen molar-refractivity contribution in [2.24, 2.45) is 5.73 Å². The number of amides is 1. The monoisotopic (exact) mass is 214 g/mol. The standard InChI is InChI=1S/C11H22N2O2/c1-2-6-13(7-5-12)11(14)9-10-4-3-8-15-10/h10H,2-9,12H2,1H3. The van der Waals surface area contributed by atoms with Crippen LogP contribution in [0, 0.1) is 0 Å². The Morgan fingerprint density at radius 3 is 2.87 bits per heavy atom. The van der Waals surface area contributed by atoms with Gasteiger partial charge in [-0.25, -0.2) is 0 Å². The number of carbonyl (C=O) groups is 1. The summed E-state index contributed by atoms with van der Waals surface area (Å²) in [6.07, 6.45) is 3.77. The number of rotatable bonds is 6. The molecule has 1 heterocycles. The lowest BCUT2D eigenvalue weighted by atomic mass is 10.1. The third-order valence-corrected chi connectivity index (χ3v) is 2.67. The molecule has 15 heavy (non-hydrogen) atoms. The summed E-state index contributed by atoms with van der Waals surface area (Å²) in [5.74, 6) is 0.189. The summed E-state index contributed by atoms with van der Waals surface area (Å²) >= 11 is 0. The molecule has 0 spiro atoms. The van der Waals surface area contributed by atoms with E-state index in [9.17, 15) is 4.79 Å². The lowest BCUT2D eigenvalue weighted by molar-refractivity contribution is -0.133. The third-order valence-electron chi connectivity index (χ3n) is 2.67. The van der Waals surface area contributed by atoms with Crippen LogP contribution in [-0.4, -0.2) is 43.2 Å². The van der Waals surface area contributed by atoms with Crippen molar-refractivity contribution in [3.05, 3.63) is 0 Å². The van der Waals surface area contributed by atoms with Crippen LogP contribution in [0.15, 0.2) is 0 Å². The molecule has 2 N–H and O–H groups in total. The van der Waals surface area contributed by atoms with Gasteiger partial charge in [-0.3, -0.25) is 4.79 Å². The Bertz CT molecular complexity index is 185. The number of carbonyl (C=O) groups excluding carboxylic acids is 1. The molecular weight excluding hydrogens is 192 g/mol. The molecule has 1 aliphatic rings. The molecule has 0 saturated carbocycles. The van der Waals surface area contributed by atoms with Crippen LogP contribution in [0.2, 0.25) is 0 Å². The van der Waals surface area contributed by atoms with Crippen molar-refractivity contribution in [1.29, 1.82) is 0 Å². The van der Waals surface area contributed by atoms with Crippen LogP contribution in [0.4, 0.5) is 0 Å². The van der Waals surface area contributed by atoms with Crippen molar-refractivity contribution in [2.45, 2.75) is 38.7 Å². The van der Waals surface area contributed by atoms with Gasteiger partial charge in [0.1, 0.15) is 0 Å². The van der Waals surface area contributed by atoms with Crippen LogP contribution in [0.3, 0.4) is 0 Å². The number of nitrogens with zero attached hydrogens (tertiary/aromatic N) is 1. The topological polar surface area (TPSA) is 55.6 Å². The molecule has 1 fully saturated rings. The summed E-state index contributed by atoms with van der Waals surface area (Å²) in [6.45, 7) is 4.89. The predicted octanol–water partition coefficient (Wildman–Crippen LogP) is 0.753. The highest BCUT2D eigenvalue weighted by atomic mass is 16.5. The van der Waals surface area contributed by atoms with E-state index in [0.29, 0.717) is 19.5 Å². The molecule has 0 aromatic carbocycles. The fourth-order valence-corrected chi connectivity index (χ4v) is 1.92. The average Bonchev–Trinajstić information content (AvgIpc) is 2.70. The number of hydrogen-bond acceptors (Lipinski definition) is 3. The highest BCUT2D eigenvalue weighted by Gasteiger charge is 2.21. The molecule has 0 aromatic heterocycles. The van der Waals surface area contributed by atoms with Crippen molar-refractivity contribution >= 4 is 5.91 Å². The zero-order valence-corrected chi connectivity index (χ0v) is 9.58. The van der Waals surface area contributed by atoms with Gasteiger partial charge in [-0.05, 0) is 19.3 Å². The molecule has 1 rings (SSSR count). The molecule has 4 heteroatoms. The Morgan fingerprint density at radius 1 is 1.53 bits per heavy atom. The fourth-order valence-electron chi connectivity index (χ4n) is 1.92. The molecular formula is C11H22N2O2. The van der Waals surface area contributed by atoms with E-state index in [0.717, 1.165) is 32.4 Å². The van der Waals surface area contributed by atoms with Crippen molar-refractivity contribution in [1.82, 2.24) is 4.90 Å². The lowest BCUT2D eigenvalue weighted by Crippen LogP contribution is -2.37. The zero-order valence-electron chi connectivity index (χ0n) is 9.58. The van der Waals surface area contributed by atoms with Gasteiger partial charge in [0, 0.05) is 26.2 Å². The Balaban J connectivity index is 2.33. The minimum Gasteiger partial charge on any atom is -0.378 e. The Morgan fingerprint density at radius 2 is 2.33 bits per heavy atom. The first kappa shape index (κ1) is 12.5. The van der Waals surface area contributed by atoms with Gasteiger partial charge in [-0.1, -0.05) is 6.92 Å². The Kier molecular flexibility index (Phi) is 5.65. The van der Waals surface area contributed by atoms with E-state index in [2.05, 4.69) is 6.92 Å². The molecule has 1 saturated heterocycles. The molecule has 1 atom stereocenters. The first-order chi connectivity index (χ1) is 7.27. The molecule has 1 aliphatic heterocycles. The molecule has 0 radical (unpaired) electrons. The SMILES string of the molecule is CCCN(CCN)C(=O)CC1CCCO1. The highest BCUT2D eigenvalue weighted by Crippen LogP contribution is 2.16. The first-order valence-corrected chi connectivity index (χ1v) is 5.87. The largest absolute Gasteiger partial charge is 0.378 e. The quantitative estimate of drug-likeness (QED) is 0.710. The van der Waals surface area contributed by atoms with Crippen LogP contribution >= 0.6 is 0 Å². The number of hydrogen-bond donors (Lipinski definition) is 1. The summed E-state index contributed by atoms with van der Waals surface area (Å²) in [6, 6.07) is 0. The van der Waals surface area contributed by atoms with Crippen molar-refractivity contribution < 1.29 is 9.53 Å². The average molecular weight is 214 g/mol. The zero-order chi connectivity index (χ0) is 11.1. The normalized spacial score (nSPS) is 20.5. The summed E-state index contributed by atoms with van der Waals surface area (Å²) < 4.78 is 5.45. The van der Waals surface area contributed by atoms with Gasteiger partial charge in [-0.15, -0.1) is 0 Å². The van der Waals surface area contributed by atoms with Crippen molar-refractivity contribution in [3.63, 3.8) is 0 Å². The molecule has 1 unspecified atom stereocenters. The van der Waals surface area contributed by atoms with Crippen LogP contribution in [-0.2, 0) is 9.53 Å². The maximum absolute atomic E-state index is 11.9. The van der Waals surface area contributed by atoms with E-state index in [1.54, 1.807) is 0 Å². The summed E-state index contributed by atoms with van der Waals surface area (Å²) in [4.78, 5) is 13.7. The Labute approximate surface area is 91.8 Å². The highest BCUT2D eigenvalue weighted by molar-refractivity contribution is 5.76. The van der Waals surface area contributed by atoms with Crippen LogP contribution in [0.1, 0.15) is 32.6 Å². The van der Waals surface area contributed by atoms with Gasteiger partial charge in [0.2, 0.25) is 5.91 Å². The van der Waals surface area contributed by atoms with Gasteiger partial charge in [-0.2, -0.15) is 0 Å². The van der Waals surface area contributed by atoms with Crippen LogP contribution < -0.4 is 5.73 Å². The Hall–Kier alpha value is -0.610. The van der Waals surface area contributed by atoms with Gasteiger partial charge >= 0.3 is 0 Å². The third kappa shape index (κ3) is 4.18. The molecule has 0 aromatic rings. The van der Waals surface area contributed by atoms with Crippen LogP contribution in [0.25, 0.3) is 0 Å². The second-order valence-corrected chi connectivity index (χ2v) is 4.01. The maximum atomic E-state index is 11.9. The molecule has 4 nitrogen and oxygen atoms in total. The van der Waals surface area contributed by atoms with E-state index < -0.39 is 0 Å². The van der Waals surface area contributed by atoms with E-state index in [-0.39, 0.29) is 12.0 Å².